The smallest absolute Gasteiger partial charge is 0.410 e. The third-order valence-corrected chi connectivity index (χ3v) is 2.36. The van der Waals surface area contributed by atoms with Gasteiger partial charge in [-0.05, 0) is 27.2 Å². The number of aromatic amines is 1. The van der Waals surface area contributed by atoms with Crippen LogP contribution in [0.2, 0.25) is 0 Å². The summed E-state index contributed by atoms with van der Waals surface area (Å²) < 4.78 is 5.21. The molecule has 0 spiro atoms. The zero-order chi connectivity index (χ0) is 14.5. The molecule has 1 aromatic rings. The Balaban J connectivity index is 2.29. The van der Waals surface area contributed by atoms with E-state index in [1.54, 1.807) is 19.4 Å². The van der Waals surface area contributed by atoms with Crippen LogP contribution in [0.1, 0.15) is 44.2 Å². The lowest BCUT2D eigenvalue weighted by atomic mass is 10.2. The van der Waals surface area contributed by atoms with Crippen molar-refractivity contribution < 1.29 is 14.3 Å². The molecule has 0 aliphatic carbocycles. The molecular formula is C13H21N3O3. The number of nitrogens with zero attached hydrogens (tertiary/aromatic N) is 2. The van der Waals surface area contributed by atoms with Crippen LogP contribution in [-0.2, 0) is 4.74 Å². The van der Waals surface area contributed by atoms with Gasteiger partial charge >= 0.3 is 6.09 Å². The lowest BCUT2D eigenvalue weighted by molar-refractivity contribution is 0.0295. The highest BCUT2D eigenvalue weighted by molar-refractivity contribution is 5.92. The van der Waals surface area contributed by atoms with Crippen molar-refractivity contribution in [1.29, 1.82) is 0 Å². The van der Waals surface area contributed by atoms with E-state index in [2.05, 4.69) is 9.97 Å². The molecule has 0 fully saturated rings. The Morgan fingerprint density at radius 3 is 2.63 bits per heavy atom. The Morgan fingerprint density at radius 1 is 1.42 bits per heavy atom. The molecule has 0 radical (unpaired) electrons. The van der Waals surface area contributed by atoms with Gasteiger partial charge < -0.3 is 14.6 Å². The molecule has 0 unspecified atom stereocenters. The topological polar surface area (TPSA) is 75.3 Å². The molecule has 19 heavy (non-hydrogen) atoms. The highest BCUT2D eigenvalue weighted by Crippen LogP contribution is 2.09. The number of ether oxygens (including phenoxy) is 1. The molecule has 1 rings (SSSR count). The summed E-state index contributed by atoms with van der Waals surface area (Å²) in [4.78, 5) is 31.4. The summed E-state index contributed by atoms with van der Waals surface area (Å²) >= 11 is 0. The molecule has 1 N–H and O–H groups in total. The fourth-order valence-electron chi connectivity index (χ4n) is 1.44. The largest absolute Gasteiger partial charge is 0.444 e. The number of rotatable bonds is 5. The summed E-state index contributed by atoms with van der Waals surface area (Å²) in [5.74, 6) is 0.308. The predicted octanol–water partition coefficient (Wildman–Crippen LogP) is 2.24. The maximum atomic E-state index is 11.7. The van der Waals surface area contributed by atoms with Crippen molar-refractivity contribution in [2.45, 2.75) is 39.2 Å². The number of imidazole rings is 1. The van der Waals surface area contributed by atoms with Crippen LogP contribution in [0.15, 0.2) is 12.4 Å². The molecule has 0 aromatic carbocycles. The summed E-state index contributed by atoms with van der Waals surface area (Å²) in [7, 11) is 1.66. The maximum Gasteiger partial charge on any atom is 0.410 e. The van der Waals surface area contributed by atoms with E-state index >= 15 is 0 Å². The van der Waals surface area contributed by atoms with Crippen LogP contribution in [-0.4, -0.2) is 45.9 Å². The van der Waals surface area contributed by atoms with Gasteiger partial charge in [0.2, 0.25) is 0 Å². The number of amides is 1. The third kappa shape index (κ3) is 5.54. The fourth-order valence-corrected chi connectivity index (χ4v) is 1.44. The molecule has 1 amide bonds. The predicted molar refractivity (Wildman–Crippen MR) is 71.0 cm³/mol. The lowest BCUT2D eigenvalue weighted by Gasteiger charge is -2.24. The number of Topliss-reactive ketones (excluding diaryl/α,β-unsaturated/α-hetero) is 1. The van der Waals surface area contributed by atoms with E-state index in [0.717, 1.165) is 0 Å². The number of aromatic nitrogens is 2. The SMILES string of the molecule is CN(CCCC(=O)c1ncc[nH]1)C(=O)OC(C)(C)C. The summed E-state index contributed by atoms with van der Waals surface area (Å²) in [5.41, 5.74) is -0.505. The molecule has 0 aliphatic rings. The van der Waals surface area contributed by atoms with E-state index in [1.807, 2.05) is 20.8 Å². The molecule has 1 aromatic heterocycles. The third-order valence-electron chi connectivity index (χ3n) is 2.36. The van der Waals surface area contributed by atoms with Crippen LogP contribution >= 0.6 is 0 Å². The summed E-state index contributed by atoms with van der Waals surface area (Å²) in [6.45, 7) is 5.93. The van der Waals surface area contributed by atoms with Crippen molar-refractivity contribution in [3.63, 3.8) is 0 Å². The van der Waals surface area contributed by atoms with E-state index in [4.69, 9.17) is 4.74 Å². The zero-order valence-corrected chi connectivity index (χ0v) is 11.9. The number of hydrogen-bond donors (Lipinski definition) is 1. The Kier molecular flexibility index (Phi) is 5.09. The van der Waals surface area contributed by atoms with Gasteiger partial charge in [0.1, 0.15) is 5.60 Å². The molecule has 6 nitrogen and oxygen atoms in total. The van der Waals surface area contributed by atoms with Gasteiger partial charge in [-0.25, -0.2) is 9.78 Å². The normalized spacial score (nSPS) is 11.2. The molecule has 0 bridgehead atoms. The average Bonchev–Trinajstić information content (AvgIpc) is 2.79. The molecule has 0 aliphatic heterocycles. The Bertz CT molecular complexity index is 421. The Labute approximate surface area is 113 Å². The van der Waals surface area contributed by atoms with Crippen molar-refractivity contribution in [1.82, 2.24) is 14.9 Å². The van der Waals surface area contributed by atoms with Gasteiger partial charge in [0.05, 0.1) is 0 Å². The van der Waals surface area contributed by atoms with E-state index in [1.165, 1.54) is 4.90 Å². The van der Waals surface area contributed by atoms with E-state index in [-0.39, 0.29) is 11.9 Å². The fraction of sp³-hybridized carbons (Fsp3) is 0.615. The van der Waals surface area contributed by atoms with Crippen LogP contribution in [0, 0.1) is 0 Å². The standard InChI is InChI=1S/C13H21N3O3/c1-13(2,3)19-12(18)16(4)9-5-6-10(17)11-14-7-8-15-11/h7-8H,5-6,9H2,1-4H3,(H,14,15). The zero-order valence-electron chi connectivity index (χ0n) is 11.9. The molecular weight excluding hydrogens is 246 g/mol. The quantitative estimate of drug-likeness (QED) is 0.830. The van der Waals surface area contributed by atoms with Crippen molar-refractivity contribution in [3.05, 3.63) is 18.2 Å². The number of carbonyl (C=O) groups is 2. The summed E-state index contributed by atoms with van der Waals surface area (Å²) in [6.07, 6.45) is 3.70. The monoisotopic (exact) mass is 267 g/mol. The second-order valence-corrected chi connectivity index (χ2v) is 5.37. The van der Waals surface area contributed by atoms with Gasteiger partial charge in [0, 0.05) is 32.4 Å². The number of H-pyrrole nitrogens is 1. The van der Waals surface area contributed by atoms with Crippen molar-refractivity contribution >= 4 is 11.9 Å². The van der Waals surface area contributed by atoms with Crippen LogP contribution in [0.25, 0.3) is 0 Å². The molecule has 1 heterocycles. The van der Waals surface area contributed by atoms with Gasteiger partial charge in [-0.3, -0.25) is 4.79 Å². The summed E-state index contributed by atoms with van der Waals surface area (Å²) in [5, 5.41) is 0. The first kappa shape index (κ1) is 15.2. The lowest BCUT2D eigenvalue weighted by Crippen LogP contribution is -2.34. The minimum Gasteiger partial charge on any atom is -0.444 e. The maximum absolute atomic E-state index is 11.7. The molecule has 0 saturated carbocycles. The Hall–Kier alpha value is -1.85. The first-order valence-electron chi connectivity index (χ1n) is 6.26. The first-order chi connectivity index (χ1) is 8.79. The first-order valence-corrected chi connectivity index (χ1v) is 6.26. The van der Waals surface area contributed by atoms with Crippen LogP contribution in [0.5, 0.6) is 0 Å². The number of ketones is 1. The van der Waals surface area contributed by atoms with Crippen molar-refractivity contribution in [2.24, 2.45) is 0 Å². The van der Waals surface area contributed by atoms with E-state index in [0.29, 0.717) is 25.2 Å². The minimum atomic E-state index is -0.505. The highest BCUT2D eigenvalue weighted by atomic mass is 16.6. The average molecular weight is 267 g/mol. The molecule has 0 atom stereocenters. The second-order valence-electron chi connectivity index (χ2n) is 5.37. The van der Waals surface area contributed by atoms with Crippen molar-refractivity contribution in [3.8, 4) is 0 Å². The van der Waals surface area contributed by atoms with Gasteiger partial charge in [-0.2, -0.15) is 0 Å². The van der Waals surface area contributed by atoms with Gasteiger partial charge in [0.15, 0.2) is 11.6 Å². The Morgan fingerprint density at radius 2 is 2.11 bits per heavy atom. The highest BCUT2D eigenvalue weighted by Gasteiger charge is 2.19. The van der Waals surface area contributed by atoms with E-state index < -0.39 is 5.60 Å². The van der Waals surface area contributed by atoms with E-state index in [9.17, 15) is 9.59 Å². The van der Waals surface area contributed by atoms with Crippen LogP contribution in [0.3, 0.4) is 0 Å². The van der Waals surface area contributed by atoms with Gasteiger partial charge in [-0.1, -0.05) is 0 Å². The number of hydrogen-bond acceptors (Lipinski definition) is 4. The molecule has 106 valence electrons. The van der Waals surface area contributed by atoms with Gasteiger partial charge in [0.25, 0.3) is 0 Å². The van der Waals surface area contributed by atoms with Crippen molar-refractivity contribution in [2.75, 3.05) is 13.6 Å². The second kappa shape index (κ2) is 6.36. The van der Waals surface area contributed by atoms with Gasteiger partial charge in [-0.15, -0.1) is 0 Å². The number of nitrogens with one attached hydrogen (secondary N) is 1. The minimum absolute atomic E-state index is 0.0532. The summed E-state index contributed by atoms with van der Waals surface area (Å²) in [6, 6.07) is 0. The molecule has 0 saturated heterocycles. The molecule has 6 heteroatoms. The van der Waals surface area contributed by atoms with Crippen LogP contribution < -0.4 is 0 Å². The van der Waals surface area contributed by atoms with Crippen LogP contribution in [0.4, 0.5) is 4.79 Å². The number of carbonyl (C=O) groups excluding carboxylic acids is 2.